The van der Waals surface area contributed by atoms with Crippen LogP contribution in [0, 0.1) is 12.8 Å². The quantitative estimate of drug-likeness (QED) is 0.899. The van der Waals surface area contributed by atoms with Crippen molar-refractivity contribution in [1.82, 2.24) is 14.9 Å². The van der Waals surface area contributed by atoms with Gasteiger partial charge in [0, 0.05) is 44.5 Å². The molecule has 134 valence electrons. The first-order chi connectivity index (χ1) is 12.0. The number of carbonyl (C=O) groups excluding carboxylic acids is 1. The Morgan fingerprint density at radius 3 is 2.68 bits per heavy atom. The Morgan fingerprint density at radius 2 is 2.04 bits per heavy atom. The molecule has 0 bridgehead atoms. The Balaban J connectivity index is 1.63. The number of aromatic nitrogens is 2. The van der Waals surface area contributed by atoms with Crippen LogP contribution >= 0.6 is 0 Å². The highest BCUT2D eigenvalue weighted by Crippen LogP contribution is 2.17. The molecule has 1 aliphatic heterocycles. The number of hydrogen-bond acceptors (Lipinski definition) is 6. The number of rotatable bonds is 5. The number of hydrogen-bond donors (Lipinski definition) is 1. The smallest absolute Gasteiger partial charge is 0.289 e. The van der Waals surface area contributed by atoms with Crippen molar-refractivity contribution in [1.29, 1.82) is 0 Å². The van der Waals surface area contributed by atoms with Crippen molar-refractivity contribution < 1.29 is 9.21 Å². The summed E-state index contributed by atoms with van der Waals surface area (Å²) in [6.07, 6.45) is 1.52. The molecule has 0 atom stereocenters. The molecule has 0 saturated carbocycles. The van der Waals surface area contributed by atoms with Gasteiger partial charge in [-0.05, 0) is 25.0 Å². The second kappa shape index (κ2) is 7.55. The summed E-state index contributed by atoms with van der Waals surface area (Å²) in [4.78, 5) is 25.5. The van der Waals surface area contributed by atoms with E-state index in [1.54, 1.807) is 12.1 Å². The minimum Gasteiger partial charge on any atom is -0.459 e. The summed E-state index contributed by atoms with van der Waals surface area (Å²) in [5.74, 6) is 2.45. The summed E-state index contributed by atoms with van der Waals surface area (Å²) in [7, 11) is 0. The topological polar surface area (TPSA) is 74.5 Å². The fraction of sp³-hybridized carbons (Fsp3) is 0.500. The number of aryl methyl sites for hydroxylation is 1. The number of nitrogens with one attached hydrogen (secondary N) is 1. The molecule has 1 N–H and O–H groups in total. The zero-order chi connectivity index (χ0) is 17.8. The van der Waals surface area contributed by atoms with Crippen LogP contribution in [0.25, 0.3) is 0 Å². The third-order valence-electron chi connectivity index (χ3n) is 4.12. The van der Waals surface area contributed by atoms with Crippen LogP contribution in [0.4, 0.5) is 11.8 Å². The number of piperazine rings is 1. The lowest BCUT2D eigenvalue weighted by molar-refractivity contribution is 0.0714. The highest BCUT2D eigenvalue weighted by atomic mass is 16.3. The number of furan rings is 1. The van der Waals surface area contributed by atoms with E-state index in [-0.39, 0.29) is 5.91 Å². The maximum absolute atomic E-state index is 12.3. The Bertz CT molecular complexity index is 706. The van der Waals surface area contributed by atoms with Gasteiger partial charge in [-0.3, -0.25) is 4.79 Å². The number of anilines is 2. The Morgan fingerprint density at radius 1 is 1.28 bits per heavy atom. The van der Waals surface area contributed by atoms with Crippen LogP contribution in [-0.2, 0) is 0 Å². The van der Waals surface area contributed by atoms with Gasteiger partial charge in [-0.1, -0.05) is 13.8 Å². The van der Waals surface area contributed by atoms with Crippen molar-refractivity contribution in [2.24, 2.45) is 5.92 Å². The minimum atomic E-state index is -0.0610. The highest BCUT2D eigenvalue weighted by Gasteiger charge is 2.25. The SMILES string of the molecule is Cc1cc(NCC(C)C)nc(N2CCN(C(=O)c3ccco3)CC2)n1. The third kappa shape index (κ3) is 4.29. The van der Waals surface area contributed by atoms with Crippen molar-refractivity contribution in [2.75, 3.05) is 42.9 Å². The summed E-state index contributed by atoms with van der Waals surface area (Å²) in [5, 5.41) is 3.36. The second-order valence-electron chi connectivity index (χ2n) is 6.73. The molecular weight excluding hydrogens is 318 g/mol. The van der Waals surface area contributed by atoms with E-state index < -0.39 is 0 Å². The first-order valence-corrected chi connectivity index (χ1v) is 8.70. The molecule has 1 amide bonds. The molecule has 1 saturated heterocycles. The van der Waals surface area contributed by atoms with Crippen molar-refractivity contribution in [3.05, 3.63) is 35.9 Å². The lowest BCUT2D eigenvalue weighted by Gasteiger charge is -2.34. The molecule has 25 heavy (non-hydrogen) atoms. The fourth-order valence-electron chi connectivity index (χ4n) is 2.76. The maximum atomic E-state index is 12.3. The predicted molar refractivity (Wildman–Crippen MR) is 96.9 cm³/mol. The van der Waals surface area contributed by atoms with Gasteiger partial charge in [0.2, 0.25) is 5.95 Å². The van der Waals surface area contributed by atoms with Crippen LogP contribution < -0.4 is 10.2 Å². The summed E-state index contributed by atoms with van der Waals surface area (Å²) >= 11 is 0. The zero-order valence-corrected chi connectivity index (χ0v) is 15.0. The van der Waals surface area contributed by atoms with Crippen molar-refractivity contribution in [2.45, 2.75) is 20.8 Å². The zero-order valence-electron chi connectivity index (χ0n) is 15.0. The molecule has 0 spiro atoms. The summed E-state index contributed by atoms with van der Waals surface area (Å²) in [5.41, 5.74) is 0.936. The highest BCUT2D eigenvalue weighted by molar-refractivity contribution is 5.91. The van der Waals surface area contributed by atoms with Crippen molar-refractivity contribution in [3.63, 3.8) is 0 Å². The van der Waals surface area contributed by atoms with E-state index in [1.165, 1.54) is 6.26 Å². The van der Waals surface area contributed by atoms with Gasteiger partial charge in [-0.25, -0.2) is 4.98 Å². The van der Waals surface area contributed by atoms with Gasteiger partial charge in [0.15, 0.2) is 5.76 Å². The van der Waals surface area contributed by atoms with E-state index in [2.05, 4.69) is 34.0 Å². The average Bonchev–Trinajstić information content (AvgIpc) is 3.13. The van der Waals surface area contributed by atoms with Crippen LogP contribution in [0.5, 0.6) is 0 Å². The van der Waals surface area contributed by atoms with Crippen LogP contribution in [0.3, 0.4) is 0 Å². The van der Waals surface area contributed by atoms with E-state index in [9.17, 15) is 4.79 Å². The van der Waals surface area contributed by atoms with E-state index in [1.807, 2.05) is 17.9 Å². The van der Waals surface area contributed by atoms with E-state index in [4.69, 9.17) is 4.42 Å². The van der Waals surface area contributed by atoms with Gasteiger partial charge in [0.1, 0.15) is 5.82 Å². The van der Waals surface area contributed by atoms with Crippen LogP contribution in [0.1, 0.15) is 30.1 Å². The Labute approximate surface area is 148 Å². The fourth-order valence-corrected chi connectivity index (χ4v) is 2.76. The molecule has 0 aliphatic carbocycles. The molecule has 3 rings (SSSR count). The van der Waals surface area contributed by atoms with Gasteiger partial charge >= 0.3 is 0 Å². The van der Waals surface area contributed by atoms with Gasteiger partial charge in [0.05, 0.1) is 6.26 Å². The van der Waals surface area contributed by atoms with E-state index in [0.717, 1.165) is 24.0 Å². The molecule has 0 aromatic carbocycles. The number of nitrogens with zero attached hydrogens (tertiary/aromatic N) is 4. The lowest BCUT2D eigenvalue weighted by Crippen LogP contribution is -2.49. The maximum Gasteiger partial charge on any atom is 0.289 e. The van der Waals surface area contributed by atoms with Gasteiger partial charge < -0.3 is 19.5 Å². The normalized spacial score (nSPS) is 14.9. The lowest BCUT2D eigenvalue weighted by atomic mass is 10.2. The van der Waals surface area contributed by atoms with Crippen LogP contribution in [0.2, 0.25) is 0 Å². The molecule has 2 aromatic rings. The largest absolute Gasteiger partial charge is 0.459 e. The van der Waals surface area contributed by atoms with E-state index >= 15 is 0 Å². The molecule has 0 unspecified atom stereocenters. The third-order valence-corrected chi connectivity index (χ3v) is 4.12. The molecule has 2 aromatic heterocycles. The molecule has 0 radical (unpaired) electrons. The average molecular weight is 343 g/mol. The first-order valence-electron chi connectivity index (χ1n) is 8.70. The van der Waals surface area contributed by atoms with Gasteiger partial charge in [-0.15, -0.1) is 0 Å². The van der Waals surface area contributed by atoms with Crippen molar-refractivity contribution in [3.8, 4) is 0 Å². The first kappa shape index (κ1) is 17.3. The van der Waals surface area contributed by atoms with Crippen molar-refractivity contribution >= 4 is 17.7 Å². The molecule has 7 heteroatoms. The van der Waals surface area contributed by atoms with Gasteiger partial charge in [-0.2, -0.15) is 4.98 Å². The standard InChI is InChI=1S/C18H25N5O2/c1-13(2)12-19-16-11-14(3)20-18(21-16)23-8-6-22(7-9-23)17(24)15-5-4-10-25-15/h4-5,10-11,13H,6-9,12H2,1-3H3,(H,19,20,21). The minimum absolute atomic E-state index is 0.0610. The molecule has 1 aliphatic rings. The van der Waals surface area contributed by atoms with Crippen LogP contribution in [0.15, 0.2) is 28.9 Å². The summed E-state index contributed by atoms with van der Waals surface area (Å²) in [6, 6.07) is 5.39. The number of carbonyl (C=O) groups is 1. The molecule has 7 nitrogen and oxygen atoms in total. The molecule has 1 fully saturated rings. The van der Waals surface area contributed by atoms with Gasteiger partial charge in [0.25, 0.3) is 5.91 Å². The second-order valence-corrected chi connectivity index (χ2v) is 6.73. The molecule has 3 heterocycles. The monoisotopic (exact) mass is 343 g/mol. The predicted octanol–water partition coefficient (Wildman–Crippen LogP) is 2.41. The molecular formula is C18H25N5O2. The van der Waals surface area contributed by atoms with E-state index in [0.29, 0.717) is 37.9 Å². The Kier molecular flexibility index (Phi) is 5.21. The number of amides is 1. The summed E-state index contributed by atoms with van der Waals surface area (Å²) in [6.45, 7) is 9.86. The van der Waals surface area contributed by atoms with Crippen LogP contribution in [-0.4, -0.2) is 53.5 Å². The summed E-state index contributed by atoms with van der Waals surface area (Å²) < 4.78 is 5.20. The Hall–Kier alpha value is -2.57.